The number of nitrogens with zero attached hydrogens (tertiary/aromatic N) is 2. The molecule has 9 nitrogen and oxygen atoms in total. The summed E-state index contributed by atoms with van der Waals surface area (Å²) in [4.78, 5) is 35.7. The van der Waals surface area contributed by atoms with Crippen molar-refractivity contribution < 1.29 is 19.8 Å². The highest BCUT2D eigenvalue weighted by Gasteiger charge is 2.19. The second kappa shape index (κ2) is 10.1. The quantitative estimate of drug-likeness (QED) is 0.358. The first-order chi connectivity index (χ1) is 14.5. The molecule has 1 heterocycles. The third-order valence-corrected chi connectivity index (χ3v) is 5.01. The molecule has 0 saturated heterocycles. The fourth-order valence-corrected chi connectivity index (χ4v) is 3.16. The Bertz CT molecular complexity index is 1050. The van der Waals surface area contributed by atoms with E-state index in [0.29, 0.717) is 17.7 Å². The van der Waals surface area contributed by atoms with E-state index in [1.54, 1.807) is 13.0 Å². The number of aromatic nitrogens is 2. The molecule has 0 spiro atoms. The number of aromatic hydroxyl groups is 1. The standard InChI is InChI=1S/C22H30N4O5/c1-12(2)15-9-16(13(3)4)20(29)17(10-15)21(30)24-23-11-18-14(5)25-26(22(18)31)8-6-7-19(27)28/h9-13,25,29H,6-8H2,1-5H3,(H,24,30)(H,27,28). The maximum absolute atomic E-state index is 12.7. The van der Waals surface area contributed by atoms with Crippen molar-refractivity contribution in [3.63, 3.8) is 0 Å². The highest BCUT2D eigenvalue weighted by atomic mass is 16.4. The second-order valence-corrected chi connectivity index (χ2v) is 8.12. The predicted molar refractivity (Wildman–Crippen MR) is 118 cm³/mol. The number of benzene rings is 1. The topological polar surface area (TPSA) is 137 Å². The highest BCUT2D eigenvalue weighted by Crippen LogP contribution is 2.33. The number of phenols is 1. The van der Waals surface area contributed by atoms with Crippen LogP contribution in [0.3, 0.4) is 0 Å². The zero-order chi connectivity index (χ0) is 23.3. The number of carbonyl (C=O) groups is 2. The minimum absolute atomic E-state index is 0.0378. The van der Waals surface area contributed by atoms with Crippen LogP contribution in [0.4, 0.5) is 0 Å². The number of carbonyl (C=O) groups excluding carboxylic acids is 1. The normalized spacial score (nSPS) is 11.6. The van der Waals surface area contributed by atoms with Crippen LogP contribution in [0.5, 0.6) is 5.75 Å². The molecular weight excluding hydrogens is 400 g/mol. The monoisotopic (exact) mass is 430 g/mol. The summed E-state index contributed by atoms with van der Waals surface area (Å²) >= 11 is 0. The molecule has 9 heteroatoms. The van der Waals surface area contributed by atoms with Crippen molar-refractivity contribution >= 4 is 18.1 Å². The minimum Gasteiger partial charge on any atom is -0.507 e. The molecule has 1 amide bonds. The number of aliphatic carboxylic acids is 1. The summed E-state index contributed by atoms with van der Waals surface area (Å²) in [6.07, 6.45) is 1.51. The van der Waals surface area contributed by atoms with Gasteiger partial charge in [0.25, 0.3) is 11.5 Å². The van der Waals surface area contributed by atoms with E-state index in [2.05, 4.69) is 15.6 Å². The average Bonchev–Trinajstić information content (AvgIpc) is 2.94. The lowest BCUT2D eigenvalue weighted by molar-refractivity contribution is -0.137. The number of carboxylic acids is 1. The first kappa shape index (κ1) is 23.9. The zero-order valence-electron chi connectivity index (χ0n) is 18.5. The van der Waals surface area contributed by atoms with Gasteiger partial charge >= 0.3 is 5.97 Å². The van der Waals surface area contributed by atoms with Gasteiger partial charge in [0.1, 0.15) is 5.75 Å². The molecule has 0 aliphatic carbocycles. The van der Waals surface area contributed by atoms with Crippen LogP contribution in [-0.4, -0.2) is 38.1 Å². The Hall–Kier alpha value is -3.36. The molecule has 0 atom stereocenters. The average molecular weight is 431 g/mol. The molecule has 0 unspecified atom stereocenters. The van der Waals surface area contributed by atoms with Crippen molar-refractivity contribution in [2.45, 2.75) is 65.8 Å². The van der Waals surface area contributed by atoms with E-state index in [-0.39, 0.29) is 47.2 Å². The number of hydrogen-bond donors (Lipinski definition) is 4. The number of rotatable bonds is 9. The van der Waals surface area contributed by atoms with Gasteiger partial charge in [-0.15, -0.1) is 0 Å². The van der Waals surface area contributed by atoms with Gasteiger partial charge in [0.05, 0.1) is 17.3 Å². The summed E-state index contributed by atoms with van der Waals surface area (Å²) < 4.78 is 1.31. The fourth-order valence-electron chi connectivity index (χ4n) is 3.16. The highest BCUT2D eigenvalue weighted by molar-refractivity contribution is 5.98. The SMILES string of the molecule is Cc1[nH]n(CCCC(=O)O)c(=O)c1C=NNC(=O)c1cc(C(C)C)cc(C(C)C)c1O. The second-order valence-electron chi connectivity index (χ2n) is 8.12. The molecule has 4 N–H and O–H groups in total. The molecule has 168 valence electrons. The molecule has 0 bridgehead atoms. The summed E-state index contributed by atoms with van der Waals surface area (Å²) in [5, 5.41) is 26.0. The molecule has 0 saturated carbocycles. The van der Waals surface area contributed by atoms with Gasteiger partial charge in [-0.1, -0.05) is 33.8 Å². The van der Waals surface area contributed by atoms with Gasteiger partial charge < -0.3 is 10.2 Å². The van der Waals surface area contributed by atoms with Crippen molar-refractivity contribution in [2.24, 2.45) is 5.10 Å². The number of hydrogen-bond acceptors (Lipinski definition) is 5. The number of carboxylic acid groups (broad SMARTS) is 1. The predicted octanol–water partition coefficient (Wildman–Crippen LogP) is 3.07. The Morgan fingerprint density at radius 1 is 1.23 bits per heavy atom. The third kappa shape index (κ3) is 5.84. The van der Waals surface area contributed by atoms with E-state index in [1.165, 1.54) is 10.9 Å². The molecular formula is C22H30N4O5. The summed E-state index contributed by atoms with van der Waals surface area (Å²) in [5.41, 5.74) is 4.57. The Balaban J connectivity index is 2.20. The van der Waals surface area contributed by atoms with Crippen molar-refractivity contribution in [2.75, 3.05) is 0 Å². The van der Waals surface area contributed by atoms with Crippen LogP contribution < -0.4 is 11.0 Å². The molecule has 31 heavy (non-hydrogen) atoms. The number of hydrazone groups is 1. The van der Waals surface area contributed by atoms with E-state index in [4.69, 9.17) is 5.11 Å². The van der Waals surface area contributed by atoms with Gasteiger partial charge in [-0.25, -0.2) is 5.43 Å². The van der Waals surface area contributed by atoms with E-state index in [0.717, 1.165) is 5.56 Å². The third-order valence-electron chi connectivity index (χ3n) is 5.01. The molecule has 0 aliphatic heterocycles. The van der Waals surface area contributed by atoms with E-state index in [9.17, 15) is 19.5 Å². The molecule has 2 aromatic rings. The van der Waals surface area contributed by atoms with Gasteiger partial charge in [0.2, 0.25) is 0 Å². The van der Waals surface area contributed by atoms with Crippen LogP contribution in [0.2, 0.25) is 0 Å². The Morgan fingerprint density at radius 3 is 2.48 bits per heavy atom. The smallest absolute Gasteiger partial charge is 0.303 e. The summed E-state index contributed by atoms with van der Waals surface area (Å²) in [6.45, 7) is 9.81. The van der Waals surface area contributed by atoms with Crippen LogP contribution >= 0.6 is 0 Å². The van der Waals surface area contributed by atoms with Gasteiger partial charge in [-0.05, 0) is 42.4 Å². The Kier molecular flexibility index (Phi) is 7.79. The van der Waals surface area contributed by atoms with E-state index >= 15 is 0 Å². The Morgan fingerprint density at radius 2 is 1.90 bits per heavy atom. The number of H-pyrrole nitrogens is 1. The molecule has 1 aromatic carbocycles. The largest absolute Gasteiger partial charge is 0.507 e. The lowest BCUT2D eigenvalue weighted by atomic mass is 9.92. The van der Waals surface area contributed by atoms with Crippen LogP contribution in [0, 0.1) is 6.92 Å². The summed E-state index contributed by atoms with van der Waals surface area (Å²) in [6, 6.07) is 3.55. The molecule has 0 aliphatic rings. The number of nitrogens with one attached hydrogen (secondary N) is 2. The van der Waals surface area contributed by atoms with E-state index in [1.807, 2.05) is 33.8 Å². The van der Waals surface area contributed by atoms with Crippen molar-refractivity contribution in [3.8, 4) is 5.75 Å². The lowest BCUT2D eigenvalue weighted by Crippen LogP contribution is -2.21. The van der Waals surface area contributed by atoms with Crippen molar-refractivity contribution in [1.82, 2.24) is 15.2 Å². The van der Waals surface area contributed by atoms with Crippen molar-refractivity contribution in [1.29, 1.82) is 0 Å². The summed E-state index contributed by atoms with van der Waals surface area (Å²) in [7, 11) is 0. The minimum atomic E-state index is -0.925. The number of amides is 1. The number of phenolic OH excluding ortho intramolecular Hbond substituents is 1. The zero-order valence-corrected chi connectivity index (χ0v) is 18.5. The first-order valence-corrected chi connectivity index (χ1v) is 10.2. The van der Waals surface area contributed by atoms with E-state index < -0.39 is 11.9 Å². The van der Waals surface area contributed by atoms with Crippen LogP contribution in [-0.2, 0) is 11.3 Å². The molecule has 0 fully saturated rings. The van der Waals surface area contributed by atoms with Gasteiger partial charge in [0, 0.05) is 18.7 Å². The fraction of sp³-hybridized carbons (Fsp3) is 0.455. The lowest BCUT2D eigenvalue weighted by Gasteiger charge is -2.16. The Labute approximate surface area is 180 Å². The first-order valence-electron chi connectivity index (χ1n) is 10.2. The van der Waals surface area contributed by atoms with Gasteiger partial charge in [0.15, 0.2) is 0 Å². The molecule has 0 radical (unpaired) electrons. The molecule has 2 rings (SSSR count). The number of aromatic amines is 1. The van der Waals surface area contributed by atoms with Crippen molar-refractivity contribution in [3.05, 3.63) is 50.4 Å². The van der Waals surface area contributed by atoms with Gasteiger partial charge in [-0.2, -0.15) is 5.10 Å². The number of aryl methyl sites for hydroxylation is 2. The summed E-state index contributed by atoms with van der Waals surface area (Å²) in [5.74, 6) is -1.36. The van der Waals surface area contributed by atoms with Crippen LogP contribution in [0.15, 0.2) is 22.0 Å². The van der Waals surface area contributed by atoms with Crippen LogP contribution in [0.1, 0.15) is 85.1 Å². The maximum atomic E-state index is 12.7. The van der Waals surface area contributed by atoms with Gasteiger partial charge in [-0.3, -0.25) is 24.2 Å². The maximum Gasteiger partial charge on any atom is 0.303 e. The molecule has 1 aromatic heterocycles. The van der Waals surface area contributed by atoms with Crippen LogP contribution in [0.25, 0.3) is 0 Å².